The Morgan fingerprint density at radius 1 is 1.00 bits per heavy atom. The molecule has 0 spiro atoms. The average Bonchev–Trinajstić information content (AvgIpc) is 2.88. The van der Waals surface area contributed by atoms with E-state index in [-0.39, 0.29) is 19.0 Å². The lowest BCUT2D eigenvalue weighted by Crippen LogP contribution is -2.54. The molecule has 1 aromatic heterocycles. The zero-order chi connectivity index (χ0) is 24.3. The SMILES string of the molecule is CCN(CC)S(=O)(=O)N1CCN(C(=O)c2cc(-c3ccc(OC)cc3)nc3ccccc23)CC1. The van der Waals surface area contributed by atoms with Gasteiger partial charge in [-0.15, -0.1) is 0 Å². The van der Waals surface area contributed by atoms with Gasteiger partial charge in [-0.2, -0.15) is 17.0 Å². The quantitative estimate of drug-likeness (QED) is 0.516. The lowest BCUT2D eigenvalue weighted by atomic mass is 10.0. The van der Waals surface area contributed by atoms with Gasteiger partial charge in [0.2, 0.25) is 0 Å². The zero-order valence-electron chi connectivity index (χ0n) is 19.8. The number of benzene rings is 2. The number of piperazine rings is 1. The second-order valence-corrected chi connectivity index (χ2v) is 10.0. The maximum atomic E-state index is 13.6. The Balaban J connectivity index is 1.61. The Bertz CT molecular complexity index is 1270. The van der Waals surface area contributed by atoms with Crippen molar-refractivity contribution in [2.45, 2.75) is 13.8 Å². The smallest absolute Gasteiger partial charge is 0.282 e. The van der Waals surface area contributed by atoms with Crippen LogP contribution in [-0.2, 0) is 10.2 Å². The first-order valence-electron chi connectivity index (χ1n) is 11.5. The van der Waals surface area contributed by atoms with Crippen LogP contribution >= 0.6 is 0 Å². The summed E-state index contributed by atoms with van der Waals surface area (Å²) in [6.07, 6.45) is 0. The minimum atomic E-state index is -3.51. The van der Waals surface area contributed by atoms with Crippen LogP contribution in [0.5, 0.6) is 5.75 Å². The van der Waals surface area contributed by atoms with E-state index in [4.69, 9.17) is 9.72 Å². The number of amides is 1. The Morgan fingerprint density at radius 3 is 2.26 bits per heavy atom. The molecule has 180 valence electrons. The van der Waals surface area contributed by atoms with E-state index in [1.165, 1.54) is 8.61 Å². The number of carbonyl (C=O) groups is 1. The van der Waals surface area contributed by atoms with Gasteiger partial charge in [0.25, 0.3) is 16.1 Å². The number of carbonyl (C=O) groups excluding carboxylic acids is 1. The molecule has 2 heterocycles. The van der Waals surface area contributed by atoms with Crippen LogP contribution in [0.2, 0.25) is 0 Å². The molecule has 0 radical (unpaired) electrons. The molecule has 1 aliphatic heterocycles. The van der Waals surface area contributed by atoms with Gasteiger partial charge in [-0.3, -0.25) is 4.79 Å². The number of para-hydroxylation sites is 1. The molecule has 4 rings (SSSR count). The number of aromatic nitrogens is 1. The molecule has 1 fully saturated rings. The summed E-state index contributed by atoms with van der Waals surface area (Å²) in [5.74, 6) is 0.631. The predicted octanol–water partition coefficient (Wildman–Crippen LogP) is 3.25. The maximum absolute atomic E-state index is 13.6. The maximum Gasteiger partial charge on any atom is 0.282 e. The van der Waals surface area contributed by atoms with Gasteiger partial charge in [-0.1, -0.05) is 32.0 Å². The van der Waals surface area contributed by atoms with Gasteiger partial charge in [0, 0.05) is 50.2 Å². The highest BCUT2D eigenvalue weighted by atomic mass is 32.2. The molecule has 0 aliphatic carbocycles. The van der Waals surface area contributed by atoms with Crippen LogP contribution in [0.1, 0.15) is 24.2 Å². The first-order valence-corrected chi connectivity index (χ1v) is 12.9. The molecule has 1 saturated heterocycles. The number of rotatable bonds is 7. The van der Waals surface area contributed by atoms with E-state index >= 15 is 0 Å². The fourth-order valence-corrected chi connectivity index (χ4v) is 5.87. The van der Waals surface area contributed by atoms with Crippen molar-refractivity contribution in [1.29, 1.82) is 0 Å². The van der Waals surface area contributed by atoms with Gasteiger partial charge in [0.15, 0.2) is 0 Å². The van der Waals surface area contributed by atoms with Gasteiger partial charge < -0.3 is 9.64 Å². The average molecular weight is 483 g/mol. The van der Waals surface area contributed by atoms with E-state index in [1.54, 1.807) is 12.0 Å². The highest BCUT2D eigenvalue weighted by molar-refractivity contribution is 7.86. The molecule has 8 nitrogen and oxygen atoms in total. The topological polar surface area (TPSA) is 83.1 Å². The molecule has 0 saturated carbocycles. The molecule has 1 aliphatic rings. The van der Waals surface area contributed by atoms with E-state index < -0.39 is 10.2 Å². The summed E-state index contributed by atoms with van der Waals surface area (Å²) in [6, 6.07) is 17.0. The van der Waals surface area contributed by atoms with Gasteiger partial charge >= 0.3 is 0 Å². The van der Waals surface area contributed by atoms with Gasteiger partial charge in [-0.05, 0) is 36.4 Å². The van der Waals surface area contributed by atoms with Crippen molar-refractivity contribution in [2.24, 2.45) is 0 Å². The predicted molar refractivity (Wildman–Crippen MR) is 133 cm³/mol. The fourth-order valence-electron chi connectivity index (χ4n) is 4.27. The summed E-state index contributed by atoms with van der Waals surface area (Å²) in [6.45, 7) is 5.75. The third-order valence-electron chi connectivity index (χ3n) is 6.22. The van der Waals surface area contributed by atoms with Crippen LogP contribution in [0.15, 0.2) is 54.6 Å². The molecule has 3 aromatic rings. The van der Waals surface area contributed by atoms with Crippen molar-refractivity contribution in [3.8, 4) is 17.0 Å². The van der Waals surface area contributed by atoms with Crippen molar-refractivity contribution in [1.82, 2.24) is 18.5 Å². The number of nitrogens with zero attached hydrogens (tertiary/aromatic N) is 4. The molecule has 34 heavy (non-hydrogen) atoms. The molecule has 2 aromatic carbocycles. The van der Waals surface area contributed by atoms with Crippen molar-refractivity contribution in [3.05, 3.63) is 60.2 Å². The van der Waals surface area contributed by atoms with Crippen LogP contribution in [0.4, 0.5) is 0 Å². The second-order valence-electron chi connectivity index (χ2n) is 8.08. The third-order valence-corrected chi connectivity index (χ3v) is 8.40. The van der Waals surface area contributed by atoms with Crippen molar-refractivity contribution >= 4 is 27.0 Å². The molecule has 1 amide bonds. The highest BCUT2D eigenvalue weighted by Crippen LogP contribution is 2.27. The number of hydrogen-bond acceptors (Lipinski definition) is 5. The summed E-state index contributed by atoms with van der Waals surface area (Å²) in [7, 11) is -1.89. The number of ether oxygens (including phenoxy) is 1. The summed E-state index contributed by atoms with van der Waals surface area (Å²) in [4.78, 5) is 20.1. The molecule has 0 N–H and O–H groups in total. The van der Waals surface area contributed by atoms with E-state index in [0.29, 0.717) is 37.4 Å². The molecule has 0 unspecified atom stereocenters. The minimum absolute atomic E-state index is 0.117. The molecular formula is C25H30N4O4S. The molecule has 0 atom stereocenters. The van der Waals surface area contributed by atoms with E-state index in [2.05, 4.69) is 0 Å². The number of pyridine rings is 1. The molecular weight excluding hydrogens is 452 g/mol. The fraction of sp³-hybridized carbons (Fsp3) is 0.360. The van der Waals surface area contributed by atoms with Crippen LogP contribution in [0.3, 0.4) is 0 Å². The van der Waals surface area contributed by atoms with Gasteiger partial charge in [-0.25, -0.2) is 4.98 Å². The largest absolute Gasteiger partial charge is 0.497 e. The monoisotopic (exact) mass is 482 g/mol. The summed E-state index contributed by atoms with van der Waals surface area (Å²) < 4.78 is 33.9. The van der Waals surface area contributed by atoms with Crippen LogP contribution in [0, 0.1) is 0 Å². The lowest BCUT2D eigenvalue weighted by Gasteiger charge is -2.36. The van der Waals surface area contributed by atoms with Crippen LogP contribution in [-0.4, -0.2) is 79.2 Å². The Hall–Kier alpha value is -3.01. The van der Waals surface area contributed by atoms with Gasteiger partial charge in [0.1, 0.15) is 5.75 Å². The number of hydrogen-bond donors (Lipinski definition) is 0. The normalized spacial score (nSPS) is 15.1. The third kappa shape index (κ3) is 4.64. The van der Waals surface area contributed by atoms with Gasteiger partial charge in [0.05, 0.1) is 23.9 Å². The van der Waals surface area contributed by atoms with Crippen LogP contribution < -0.4 is 4.74 Å². The van der Waals surface area contributed by atoms with Crippen molar-refractivity contribution in [3.63, 3.8) is 0 Å². The van der Waals surface area contributed by atoms with E-state index in [9.17, 15) is 13.2 Å². The molecule has 9 heteroatoms. The van der Waals surface area contributed by atoms with Crippen LogP contribution in [0.25, 0.3) is 22.2 Å². The number of fused-ring (bicyclic) bond motifs is 1. The summed E-state index contributed by atoms with van der Waals surface area (Å²) in [5.41, 5.74) is 2.89. The number of methoxy groups -OCH3 is 1. The zero-order valence-corrected chi connectivity index (χ0v) is 20.6. The standard InChI is InChI=1S/C25H30N4O4S/c1-4-28(5-2)34(31,32)29-16-14-27(15-17-29)25(30)22-18-24(19-10-12-20(33-3)13-11-19)26-23-9-7-6-8-21(22)23/h6-13,18H,4-5,14-17H2,1-3H3. The first-order chi connectivity index (χ1) is 16.4. The minimum Gasteiger partial charge on any atom is -0.497 e. The van der Waals surface area contributed by atoms with Crippen molar-refractivity contribution < 1.29 is 17.9 Å². The Morgan fingerprint density at radius 2 is 1.65 bits per heavy atom. The van der Waals surface area contributed by atoms with E-state index in [0.717, 1.165) is 22.2 Å². The Labute approximate surface area is 200 Å². The summed E-state index contributed by atoms with van der Waals surface area (Å²) in [5, 5.41) is 0.781. The highest BCUT2D eigenvalue weighted by Gasteiger charge is 2.32. The lowest BCUT2D eigenvalue weighted by molar-refractivity contribution is 0.0696. The molecule has 0 bridgehead atoms. The first kappa shape index (κ1) is 24.1. The summed E-state index contributed by atoms with van der Waals surface area (Å²) >= 11 is 0. The van der Waals surface area contributed by atoms with Crippen molar-refractivity contribution in [2.75, 3.05) is 46.4 Å². The second kappa shape index (κ2) is 10.1. The van der Waals surface area contributed by atoms with E-state index in [1.807, 2.05) is 68.4 Å². The Kier molecular flexibility index (Phi) is 7.16.